The molecule has 0 amide bonds. The van der Waals surface area contributed by atoms with Gasteiger partial charge < -0.3 is 15.0 Å². The minimum Gasteiger partial charge on any atom is -0.395 e. The van der Waals surface area contributed by atoms with Crippen molar-refractivity contribution in [2.45, 2.75) is 45.8 Å². The average Bonchev–Trinajstić information content (AvgIpc) is 2.68. The van der Waals surface area contributed by atoms with Crippen molar-refractivity contribution in [1.82, 2.24) is 14.9 Å². The molecular weight excluding hydrogens is 190 g/mol. The van der Waals surface area contributed by atoms with Gasteiger partial charge in [-0.2, -0.15) is 0 Å². The molecule has 2 N–H and O–H groups in total. The lowest BCUT2D eigenvalue weighted by molar-refractivity contribution is 0.237. The Morgan fingerprint density at radius 1 is 1.53 bits per heavy atom. The third-order valence-corrected chi connectivity index (χ3v) is 2.55. The number of imidazole rings is 1. The fourth-order valence-electron chi connectivity index (χ4n) is 1.52. The van der Waals surface area contributed by atoms with Crippen molar-refractivity contribution >= 4 is 0 Å². The number of nitrogens with zero attached hydrogens (tertiary/aromatic N) is 2. The Balaban J connectivity index is 2.45. The van der Waals surface area contributed by atoms with E-state index in [0.717, 1.165) is 25.9 Å². The minimum absolute atomic E-state index is 0.190. The predicted octanol–water partition coefficient (Wildman–Crippen LogP) is 1.15. The first-order valence-corrected chi connectivity index (χ1v) is 5.65. The highest BCUT2D eigenvalue weighted by molar-refractivity contribution is 4.98. The van der Waals surface area contributed by atoms with Gasteiger partial charge in [0.1, 0.15) is 0 Å². The average molecular weight is 211 g/mol. The first-order valence-electron chi connectivity index (χ1n) is 5.65. The summed E-state index contributed by atoms with van der Waals surface area (Å²) >= 11 is 0. The van der Waals surface area contributed by atoms with Gasteiger partial charge in [0.05, 0.1) is 18.6 Å². The van der Waals surface area contributed by atoms with Crippen LogP contribution >= 0.6 is 0 Å². The quantitative estimate of drug-likeness (QED) is 0.711. The topological polar surface area (TPSA) is 50.1 Å². The maximum atomic E-state index is 9.04. The van der Waals surface area contributed by atoms with E-state index < -0.39 is 0 Å². The van der Waals surface area contributed by atoms with Gasteiger partial charge >= 0.3 is 0 Å². The standard InChI is InChI=1S/C11H21N3O/c1-3-5-14-9-12-6-11(14)7-13-10(4-2)8-15/h6,9-10,13,15H,3-5,7-8H2,1-2H3/t10-/m1/s1. The molecule has 4 heteroatoms. The van der Waals surface area contributed by atoms with Crippen LogP contribution in [0.3, 0.4) is 0 Å². The summed E-state index contributed by atoms with van der Waals surface area (Å²) in [4.78, 5) is 4.13. The molecule has 86 valence electrons. The highest BCUT2D eigenvalue weighted by Gasteiger charge is 2.05. The maximum absolute atomic E-state index is 9.04. The number of nitrogens with one attached hydrogen (secondary N) is 1. The van der Waals surface area contributed by atoms with E-state index in [9.17, 15) is 0 Å². The second-order valence-electron chi connectivity index (χ2n) is 3.75. The van der Waals surface area contributed by atoms with Gasteiger partial charge in [0.2, 0.25) is 0 Å². The summed E-state index contributed by atoms with van der Waals surface area (Å²) < 4.78 is 2.15. The fraction of sp³-hybridized carbons (Fsp3) is 0.727. The molecule has 0 unspecified atom stereocenters. The Bertz CT molecular complexity index is 269. The molecular formula is C11H21N3O. The third kappa shape index (κ3) is 3.64. The lowest BCUT2D eigenvalue weighted by Crippen LogP contribution is -2.31. The molecule has 0 aliphatic rings. The first-order chi connectivity index (χ1) is 7.31. The predicted molar refractivity (Wildman–Crippen MR) is 60.5 cm³/mol. The van der Waals surface area contributed by atoms with E-state index in [0.29, 0.717) is 0 Å². The van der Waals surface area contributed by atoms with Gasteiger partial charge in [-0.05, 0) is 12.8 Å². The molecule has 0 spiro atoms. The Kier molecular flexibility index (Phi) is 5.36. The van der Waals surface area contributed by atoms with Crippen molar-refractivity contribution in [2.24, 2.45) is 0 Å². The molecule has 0 saturated heterocycles. The van der Waals surface area contributed by atoms with E-state index >= 15 is 0 Å². The van der Waals surface area contributed by atoms with Crippen molar-refractivity contribution in [1.29, 1.82) is 0 Å². The number of aliphatic hydroxyl groups excluding tert-OH is 1. The van der Waals surface area contributed by atoms with Crippen LogP contribution in [0.15, 0.2) is 12.5 Å². The summed E-state index contributed by atoms with van der Waals surface area (Å²) in [7, 11) is 0. The Labute approximate surface area is 91.3 Å². The van der Waals surface area contributed by atoms with Crippen LogP contribution in [0.1, 0.15) is 32.4 Å². The monoisotopic (exact) mass is 211 g/mol. The summed E-state index contributed by atoms with van der Waals surface area (Å²) in [5.74, 6) is 0. The molecule has 1 aromatic heterocycles. The van der Waals surface area contributed by atoms with E-state index in [-0.39, 0.29) is 12.6 Å². The van der Waals surface area contributed by atoms with E-state index in [1.807, 2.05) is 12.5 Å². The number of aryl methyl sites for hydroxylation is 1. The number of hydrogen-bond acceptors (Lipinski definition) is 3. The third-order valence-electron chi connectivity index (χ3n) is 2.55. The van der Waals surface area contributed by atoms with Crippen LogP contribution in [-0.2, 0) is 13.1 Å². The van der Waals surface area contributed by atoms with Crippen molar-refractivity contribution in [3.8, 4) is 0 Å². The lowest BCUT2D eigenvalue weighted by atomic mass is 10.2. The van der Waals surface area contributed by atoms with Crippen LogP contribution in [0.5, 0.6) is 0 Å². The van der Waals surface area contributed by atoms with E-state index in [4.69, 9.17) is 5.11 Å². The number of rotatable bonds is 7. The molecule has 0 radical (unpaired) electrons. The second-order valence-corrected chi connectivity index (χ2v) is 3.75. The smallest absolute Gasteiger partial charge is 0.0948 e. The Morgan fingerprint density at radius 3 is 2.93 bits per heavy atom. The van der Waals surface area contributed by atoms with Crippen LogP contribution in [0.2, 0.25) is 0 Å². The Morgan fingerprint density at radius 2 is 2.33 bits per heavy atom. The van der Waals surface area contributed by atoms with Crippen molar-refractivity contribution in [3.05, 3.63) is 18.2 Å². The van der Waals surface area contributed by atoms with Gasteiger partial charge in [0, 0.05) is 25.3 Å². The molecule has 0 aliphatic carbocycles. The van der Waals surface area contributed by atoms with E-state index in [2.05, 4.69) is 28.7 Å². The summed E-state index contributed by atoms with van der Waals surface area (Å²) in [5, 5.41) is 12.4. The zero-order valence-corrected chi connectivity index (χ0v) is 9.61. The first kappa shape index (κ1) is 12.2. The molecule has 1 rings (SSSR count). The van der Waals surface area contributed by atoms with Crippen molar-refractivity contribution in [3.63, 3.8) is 0 Å². The van der Waals surface area contributed by atoms with Gasteiger partial charge in [-0.1, -0.05) is 13.8 Å². The molecule has 0 bridgehead atoms. The Hall–Kier alpha value is -0.870. The molecule has 0 aliphatic heterocycles. The van der Waals surface area contributed by atoms with Gasteiger partial charge in [0.25, 0.3) is 0 Å². The fourth-order valence-corrected chi connectivity index (χ4v) is 1.52. The lowest BCUT2D eigenvalue weighted by Gasteiger charge is -2.14. The van der Waals surface area contributed by atoms with Crippen LogP contribution < -0.4 is 5.32 Å². The van der Waals surface area contributed by atoms with Gasteiger partial charge in [-0.25, -0.2) is 4.98 Å². The molecule has 15 heavy (non-hydrogen) atoms. The van der Waals surface area contributed by atoms with Crippen LogP contribution in [0.4, 0.5) is 0 Å². The summed E-state index contributed by atoms with van der Waals surface area (Å²) in [5.41, 5.74) is 1.18. The summed E-state index contributed by atoms with van der Waals surface area (Å²) in [6, 6.07) is 0.190. The van der Waals surface area contributed by atoms with Crippen LogP contribution in [0.25, 0.3) is 0 Å². The van der Waals surface area contributed by atoms with Crippen LogP contribution in [-0.4, -0.2) is 27.3 Å². The zero-order valence-electron chi connectivity index (χ0n) is 9.61. The zero-order chi connectivity index (χ0) is 11.1. The van der Waals surface area contributed by atoms with E-state index in [1.165, 1.54) is 5.69 Å². The summed E-state index contributed by atoms with van der Waals surface area (Å²) in [6.07, 6.45) is 5.80. The summed E-state index contributed by atoms with van der Waals surface area (Å²) in [6.45, 7) is 6.20. The molecule has 1 heterocycles. The minimum atomic E-state index is 0.190. The SMILES string of the molecule is CCCn1cncc1CN[C@H](CC)CO. The van der Waals surface area contributed by atoms with Gasteiger partial charge in [0.15, 0.2) is 0 Å². The van der Waals surface area contributed by atoms with Crippen LogP contribution in [0, 0.1) is 0 Å². The highest BCUT2D eigenvalue weighted by Crippen LogP contribution is 2.01. The normalized spacial score (nSPS) is 13.0. The van der Waals surface area contributed by atoms with Gasteiger partial charge in [-0.3, -0.25) is 0 Å². The molecule has 1 aromatic rings. The van der Waals surface area contributed by atoms with Crippen molar-refractivity contribution < 1.29 is 5.11 Å². The molecule has 0 aromatic carbocycles. The molecule has 1 atom stereocenters. The highest BCUT2D eigenvalue weighted by atomic mass is 16.3. The number of aromatic nitrogens is 2. The molecule has 0 saturated carbocycles. The van der Waals surface area contributed by atoms with Gasteiger partial charge in [-0.15, -0.1) is 0 Å². The largest absolute Gasteiger partial charge is 0.395 e. The molecule has 4 nitrogen and oxygen atoms in total. The number of hydrogen-bond donors (Lipinski definition) is 2. The van der Waals surface area contributed by atoms with Crippen molar-refractivity contribution in [2.75, 3.05) is 6.61 Å². The number of aliphatic hydroxyl groups is 1. The van der Waals surface area contributed by atoms with E-state index in [1.54, 1.807) is 0 Å². The maximum Gasteiger partial charge on any atom is 0.0948 e. The molecule has 0 fully saturated rings. The second kappa shape index (κ2) is 6.58.